The Kier molecular flexibility index (Phi) is 10.3. The summed E-state index contributed by atoms with van der Waals surface area (Å²) in [7, 11) is 3.28. The summed E-state index contributed by atoms with van der Waals surface area (Å²) < 4.78 is 40.8. The van der Waals surface area contributed by atoms with E-state index in [0.717, 1.165) is 18.5 Å². The molecule has 11 heteroatoms. The molecule has 0 radical (unpaired) electrons. The van der Waals surface area contributed by atoms with Crippen LogP contribution in [0.15, 0.2) is 17.1 Å². The quantitative estimate of drug-likeness (QED) is 0.309. The third kappa shape index (κ3) is 7.07. The number of rotatable bonds is 7. The first-order chi connectivity index (χ1) is 13.3. The van der Waals surface area contributed by atoms with Gasteiger partial charge in [0.25, 0.3) is 0 Å². The summed E-state index contributed by atoms with van der Waals surface area (Å²) in [5.74, 6) is 2.62. The first-order valence-electron chi connectivity index (χ1n) is 9.05. The maximum absolute atomic E-state index is 11.6. The fourth-order valence-electron chi connectivity index (χ4n) is 3.16. The van der Waals surface area contributed by atoms with Gasteiger partial charge in [-0.2, -0.15) is 0 Å². The zero-order valence-corrected chi connectivity index (χ0v) is 20.7. The molecule has 0 aliphatic carbocycles. The smallest absolute Gasteiger partial charge is 0.211 e. The van der Waals surface area contributed by atoms with Crippen molar-refractivity contribution in [1.82, 2.24) is 9.62 Å². The van der Waals surface area contributed by atoms with Crippen LogP contribution in [0.25, 0.3) is 0 Å². The number of hydrogen-bond donors (Lipinski definition) is 2. The van der Waals surface area contributed by atoms with Crippen molar-refractivity contribution in [2.75, 3.05) is 59.6 Å². The average Bonchev–Trinajstić information content (AvgIpc) is 2.69. The molecule has 9 nitrogen and oxygen atoms in total. The van der Waals surface area contributed by atoms with Crippen molar-refractivity contribution in [1.29, 1.82) is 0 Å². The minimum absolute atomic E-state index is 0. The average molecular weight is 542 g/mol. The normalized spacial score (nSPS) is 16.0. The summed E-state index contributed by atoms with van der Waals surface area (Å²) in [6, 6.07) is 3.61. The molecule has 1 saturated heterocycles. The van der Waals surface area contributed by atoms with Crippen LogP contribution in [0.2, 0.25) is 0 Å². The Morgan fingerprint density at radius 2 is 1.69 bits per heavy atom. The molecule has 166 valence electrons. The zero-order chi connectivity index (χ0) is 20.7. The van der Waals surface area contributed by atoms with Gasteiger partial charge in [-0.1, -0.05) is 0 Å². The lowest BCUT2D eigenvalue weighted by Gasteiger charge is -2.30. The second kappa shape index (κ2) is 11.6. The molecule has 2 rings (SSSR count). The first-order valence-corrected chi connectivity index (χ1v) is 10.9. The Balaban J connectivity index is 0.00000420. The van der Waals surface area contributed by atoms with Crippen LogP contribution >= 0.6 is 24.0 Å². The van der Waals surface area contributed by atoms with E-state index in [1.54, 1.807) is 40.5 Å². The Hall–Kier alpha value is -1.47. The van der Waals surface area contributed by atoms with Gasteiger partial charge in [0.15, 0.2) is 17.5 Å². The molecule has 1 aliphatic heterocycles. The molecule has 0 aromatic heterocycles. The van der Waals surface area contributed by atoms with E-state index >= 15 is 0 Å². The molecule has 1 aliphatic rings. The number of nitrogens with one attached hydrogen (secondary N) is 2. The molecule has 0 unspecified atom stereocenters. The molecule has 1 heterocycles. The number of halogens is 1. The minimum atomic E-state index is -3.10. The van der Waals surface area contributed by atoms with E-state index in [1.807, 2.05) is 0 Å². The van der Waals surface area contributed by atoms with Crippen molar-refractivity contribution in [3.63, 3.8) is 0 Å². The standard InChI is InChI=1S/C18H30N4O5S.HI/c1-19-18(20-12-13-6-8-22(9-7-13)28(5,23)24)21-14-10-15(25-2)17(27-4)16(11-14)26-3;/h10-11,13H,6-9,12H2,1-5H3,(H2,19,20,21);1H. The molecule has 2 N–H and O–H groups in total. The molecule has 1 aromatic rings. The third-order valence-corrected chi connectivity index (χ3v) is 6.05. The number of aliphatic imine (C=N–C) groups is 1. The first kappa shape index (κ1) is 25.6. The maximum atomic E-state index is 11.6. The highest BCUT2D eigenvalue weighted by Crippen LogP contribution is 2.39. The second-order valence-electron chi connectivity index (χ2n) is 6.60. The molecular formula is C18H31IN4O5S. The number of nitrogens with zero attached hydrogens (tertiary/aromatic N) is 2. The van der Waals surface area contributed by atoms with Gasteiger partial charge in [0, 0.05) is 44.5 Å². The molecule has 0 spiro atoms. The molecule has 0 saturated carbocycles. The van der Waals surface area contributed by atoms with Crippen LogP contribution in [0.1, 0.15) is 12.8 Å². The number of guanidine groups is 1. The van der Waals surface area contributed by atoms with Crippen molar-refractivity contribution in [2.24, 2.45) is 10.9 Å². The van der Waals surface area contributed by atoms with Gasteiger partial charge in [-0.05, 0) is 18.8 Å². The summed E-state index contributed by atoms with van der Waals surface area (Å²) in [5, 5.41) is 6.52. The predicted molar refractivity (Wildman–Crippen MR) is 126 cm³/mol. The Labute approximate surface area is 190 Å². The van der Waals surface area contributed by atoms with E-state index in [-0.39, 0.29) is 24.0 Å². The topological polar surface area (TPSA) is 101 Å². The van der Waals surface area contributed by atoms with Crippen molar-refractivity contribution in [3.8, 4) is 17.2 Å². The SMILES string of the molecule is CN=C(NCC1CCN(S(C)(=O)=O)CC1)Nc1cc(OC)c(OC)c(OC)c1.I. The molecule has 29 heavy (non-hydrogen) atoms. The number of anilines is 1. The molecule has 0 amide bonds. The second-order valence-corrected chi connectivity index (χ2v) is 8.58. The predicted octanol–water partition coefficient (Wildman–Crippen LogP) is 1.99. The van der Waals surface area contributed by atoms with E-state index in [0.29, 0.717) is 48.8 Å². The number of piperidine rings is 1. The van der Waals surface area contributed by atoms with E-state index in [4.69, 9.17) is 14.2 Å². The summed E-state index contributed by atoms with van der Waals surface area (Å²) in [6.45, 7) is 1.83. The van der Waals surface area contributed by atoms with Crippen LogP contribution in [-0.2, 0) is 10.0 Å². The number of benzene rings is 1. The van der Waals surface area contributed by atoms with Crippen molar-refractivity contribution >= 4 is 45.6 Å². The summed E-state index contributed by atoms with van der Waals surface area (Å²) in [5.41, 5.74) is 0.745. The van der Waals surface area contributed by atoms with Gasteiger partial charge in [-0.25, -0.2) is 12.7 Å². The van der Waals surface area contributed by atoms with Crippen LogP contribution in [0.4, 0.5) is 5.69 Å². The molecule has 0 atom stereocenters. The van der Waals surface area contributed by atoms with Gasteiger partial charge in [0.05, 0.1) is 27.6 Å². The van der Waals surface area contributed by atoms with Gasteiger partial charge < -0.3 is 24.8 Å². The third-order valence-electron chi connectivity index (χ3n) is 4.75. The summed E-state index contributed by atoms with van der Waals surface area (Å²) >= 11 is 0. The highest BCUT2D eigenvalue weighted by atomic mass is 127. The lowest BCUT2D eigenvalue weighted by Crippen LogP contribution is -2.42. The highest BCUT2D eigenvalue weighted by Gasteiger charge is 2.25. The number of hydrogen-bond acceptors (Lipinski definition) is 6. The van der Waals surface area contributed by atoms with Crippen LogP contribution in [0.3, 0.4) is 0 Å². The van der Waals surface area contributed by atoms with Crippen LogP contribution in [0.5, 0.6) is 17.2 Å². The Morgan fingerprint density at radius 1 is 1.14 bits per heavy atom. The molecule has 1 aromatic carbocycles. The van der Waals surface area contributed by atoms with Gasteiger partial charge in [0.1, 0.15) is 0 Å². The number of ether oxygens (including phenoxy) is 3. The largest absolute Gasteiger partial charge is 0.493 e. The van der Waals surface area contributed by atoms with E-state index < -0.39 is 10.0 Å². The van der Waals surface area contributed by atoms with Gasteiger partial charge in [-0.3, -0.25) is 4.99 Å². The fraction of sp³-hybridized carbons (Fsp3) is 0.611. The minimum Gasteiger partial charge on any atom is -0.493 e. The van der Waals surface area contributed by atoms with Gasteiger partial charge in [-0.15, -0.1) is 24.0 Å². The monoisotopic (exact) mass is 542 g/mol. The Bertz CT molecular complexity index is 770. The number of methoxy groups -OCH3 is 3. The maximum Gasteiger partial charge on any atom is 0.211 e. The van der Waals surface area contributed by atoms with Crippen LogP contribution in [0, 0.1) is 5.92 Å². The fourth-order valence-corrected chi connectivity index (χ4v) is 4.03. The Morgan fingerprint density at radius 3 is 2.10 bits per heavy atom. The van der Waals surface area contributed by atoms with Crippen molar-refractivity contribution in [2.45, 2.75) is 12.8 Å². The number of sulfonamides is 1. The van der Waals surface area contributed by atoms with Crippen LogP contribution < -0.4 is 24.8 Å². The van der Waals surface area contributed by atoms with Gasteiger partial charge in [0.2, 0.25) is 15.8 Å². The lowest BCUT2D eigenvalue weighted by molar-refractivity contribution is 0.275. The molecule has 0 bridgehead atoms. The van der Waals surface area contributed by atoms with Gasteiger partial charge >= 0.3 is 0 Å². The highest BCUT2D eigenvalue weighted by molar-refractivity contribution is 14.0. The van der Waals surface area contributed by atoms with Crippen molar-refractivity contribution < 1.29 is 22.6 Å². The van der Waals surface area contributed by atoms with E-state index in [9.17, 15) is 8.42 Å². The van der Waals surface area contributed by atoms with E-state index in [2.05, 4.69) is 15.6 Å². The van der Waals surface area contributed by atoms with Crippen molar-refractivity contribution in [3.05, 3.63) is 12.1 Å². The molecule has 1 fully saturated rings. The van der Waals surface area contributed by atoms with Crippen LogP contribution in [-0.4, -0.2) is 72.9 Å². The molecular weight excluding hydrogens is 511 g/mol. The van der Waals surface area contributed by atoms with E-state index in [1.165, 1.54) is 10.6 Å². The lowest BCUT2D eigenvalue weighted by atomic mass is 9.98. The zero-order valence-electron chi connectivity index (χ0n) is 17.5. The summed E-state index contributed by atoms with van der Waals surface area (Å²) in [6.07, 6.45) is 2.90. The summed E-state index contributed by atoms with van der Waals surface area (Å²) in [4.78, 5) is 4.25.